The maximum absolute atomic E-state index is 10.4. The lowest BCUT2D eigenvalue weighted by molar-refractivity contribution is 0.103. The number of likely N-dealkylation sites (tertiary alicyclic amines) is 1. The first-order valence-corrected chi connectivity index (χ1v) is 7.95. The maximum Gasteiger partial charge on any atom is 0.0802 e. The van der Waals surface area contributed by atoms with Gasteiger partial charge < -0.3 is 10.0 Å². The van der Waals surface area contributed by atoms with Crippen LogP contribution in [0.2, 0.25) is 0 Å². The van der Waals surface area contributed by atoms with Crippen molar-refractivity contribution in [3.8, 4) is 0 Å². The van der Waals surface area contributed by atoms with E-state index in [0.717, 1.165) is 54.4 Å². The Hall–Kier alpha value is -1.39. The van der Waals surface area contributed by atoms with E-state index in [1.54, 1.807) is 6.20 Å². The summed E-state index contributed by atoms with van der Waals surface area (Å²) >= 11 is 0. The minimum atomic E-state index is -0.392. The van der Waals surface area contributed by atoms with Gasteiger partial charge in [0.15, 0.2) is 0 Å². The molecule has 0 amide bonds. The van der Waals surface area contributed by atoms with Gasteiger partial charge in [-0.2, -0.15) is 5.10 Å². The molecule has 3 unspecified atom stereocenters. The Morgan fingerprint density at radius 3 is 2.86 bits per heavy atom. The van der Waals surface area contributed by atoms with Gasteiger partial charge in [0.1, 0.15) is 0 Å². The van der Waals surface area contributed by atoms with Gasteiger partial charge in [-0.25, -0.2) is 0 Å². The fourth-order valence-corrected chi connectivity index (χ4v) is 3.61. The summed E-state index contributed by atoms with van der Waals surface area (Å²) in [5, 5.41) is 18.4. The quantitative estimate of drug-likeness (QED) is 0.909. The summed E-state index contributed by atoms with van der Waals surface area (Å²) in [6.07, 6.45) is 3.54. The van der Waals surface area contributed by atoms with Crippen LogP contribution in [0.15, 0.2) is 24.4 Å². The van der Waals surface area contributed by atoms with Crippen LogP contribution in [-0.4, -0.2) is 39.8 Å². The number of aromatic amines is 1. The van der Waals surface area contributed by atoms with E-state index in [1.807, 2.05) is 18.2 Å². The molecule has 0 aliphatic carbocycles. The normalized spacial score (nSPS) is 25.3. The molecule has 1 saturated heterocycles. The molecule has 0 bridgehead atoms. The maximum atomic E-state index is 10.4. The van der Waals surface area contributed by atoms with Gasteiger partial charge in [-0.1, -0.05) is 19.9 Å². The largest absolute Gasteiger partial charge is 0.388 e. The van der Waals surface area contributed by atoms with Crippen LogP contribution in [0, 0.1) is 11.8 Å². The van der Waals surface area contributed by atoms with Crippen molar-refractivity contribution in [2.24, 2.45) is 11.8 Å². The van der Waals surface area contributed by atoms with Gasteiger partial charge >= 0.3 is 0 Å². The number of aromatic nitrogens is 2. The van der Waals surface area contributed by atoms with E-state index in [0.29, 0.717) is 0 Å². The van der Waals surface area contributed by atoms with Crippen molar-refractivity contribution in [1.82, 2.24) is 15.1 Å². The Balaban J connectivity index is 1.59. The average molecular weight is 287 g/mol. The molecule has 1 aliphatic rings. The molecular formula is C17H25N3O. The van der Waals surface area contributed by atoms with Crippen LogP contribution in [0.1, 0.15) is 38.4 Å². The number of nitrogens with zero attached hydrogens (tertiary/aromatic N) is 2. The molecule has 114 valence electrons. The Morgan fingerprint density at radius 2 is 2.10 bits per heavy atom. The first kappa shape index (κ1) is 14.5. The highest BCUT2D eigenvalue weighted by Gasteiger charge is 2.22. The summed E-state index contributed by atoms with van der Waals surface area (Å²) in [4.78, 5) is 2.50. The fourth-order valence-electron chi connectivity index (χ4n) is 3.61. The minimum absolute atomic E-state index is 0.392. The molecule has 3 rings (SSSR count). The molecule has 2 N–H and O–H groups in total. The number of fused-ring (bicyclic) bond motifs is 1. The van der Waals surface area contributed by atoms with Crippen LogP contribution in [-0.2, 0) is 0 Å². The second-order valence-corrected chi connectivity index (χ2v) is 6.73. The van der Waals surface area contributed by atoms with Crippen LogP contribution >= 0.6 is 0 Å². The highest BCUT2D eigenvalue weighted by atomic mass is 16.3. The summed E-state index contributed by atoms with van der Waals surface area (Å²) in [5.74, 6) is 1.54. The number of rotatable bonds is 4. The molecule has 1 fully saturated rings. The number of hydrogen-bond donors (Lipinski definition) is 2. The van der Waals surface area contributed by atoms with Crippen LogP contribution in [0.4, 0.5) is 0 Å². The Bertz CT molecular complexity index is 584. The van der Waals surface area contributed by atoms with Crippen LogP contribution < -0.4 is 0 Å². The molecule has 1 aromatic heterocycles. The van der Waals surface area contributed by atoms with Crippen molar-refractivity contribution >= 4 is 10.9 Å². The molecule has 4 nitrogen and oxygen atoms in total. The Labute approximate surface area is 126 Å². The first-order valence-electron chi connectivity index (χ1n) is 7.95. The van der Waals surface area contributed by atoms with Gasteiger partial charge in [0.05, 0.1) is 17.8 Å². The number of nitrogens with one attached hydrogen (secondary N) is 1. The van der Waals surface area contributed by atoms with E-state index >= 15 is 0 Å². The first-order chi connectivity index (χ1) is 10.1. The number of benzene rings is 1. The van der Waals surface area contributed by atoms with Crippen molar-refractivity contribution in [1.29, 1.82) is 0 Å². The topological polar surface area (TPSA) is 52.1 Å². The number of piperidine rings is 1. The molecule has 21 heavy (non-hydrogen) atoms. The standard InChI is InChI=1S/C17H25N3O/c1-12-7-13(2)11-20(10-12)6-5-17(21)14-3-4-16-15(8-14)9-18-19-16/h3-4,8-9,12-13,17,21H,5-7,10-11H2,1-2H3,(H,18,19). The Morgan fingerprint density at radius 1 is 1.33 bits per heavy atom. The van der Waals surface area contributed by atoms with Crippen LogP contribution in [0.3, 0.4) is 0 Å². The molecule has 1 aliphatic heterocycles. The predicted molar refractivity (Wildman–Crippen MR) is 85.1 cm³/mol. The van der Waals surface area contributed by atoms with Gasteiger partial charge in [-0.15, -0.1) is 0 Å². The van der Waals surface area contributed by atoms with Crippen molar-refractivity contribution < 1.29 is 5.11 Å². The van der Waals surface area contributed by atoms with E-state index in [1.165, 1.54) is 6.42 Å². The SMILES string of the molecule is CC1CC(C)CN(CCC(O)c2ccc3[nH]ncc3c2)C1. The zero-order valence-electron chi connectivity index (χ0n) is 12.9. The van der Waals surface area contributed by atoms with E-state index in [4.69, 9.17) is 0 Å². The minimum Gasteiger partial charge on any atom is -0.388 e. The zero-order valence-corrected chi connectivity index (χ0v) is 12.9. The van der Waals surface area contributed by atoms with Gasteiger partial charge in [-0.05, 0) is 42.4 Å². The van der Waals surface area contributed by atoms with Crippen molar-refractivity contribution in [3.63, 3.8) is 0 Å². The van der Waals surface area contributed by atoms with Gasteiger partial charge in [-0.3, -0.25) is 5.10 Å². The summed E-state index contributed by atoms with van der Waals surface area (Å²) in [6, 6.07) is 6.02. The number of H-pyrrole nitrogens is 1. The zero-order chi connectivity index (χ0) is 14.8. The molecule has 0 saturated carbocycles. The Kier molecular flexibility index (Phi) is 4.27. The third kappa shape index (κ3) is 3.44. The van der Waals surface area contributed by atoms with Crippen molar-refractivity contribution in [3.05, 3.63) is 30.0 Å². The van der Waals surface area contributed by atoms with E-state index < -0.39 is 6.10 Å². The molecule has 3 atom stereocenters. The van der Waals surface area contributed by atoms with Crippen LogP contribution in [0.5, 0.6) is 0 Å². The number of aliphatic hydroxyl groups is 1. The van der Waals surface area contributed by atoms with Gasteiger partial charge in [0.2, 0.25) is 0 Å². The van der Waals surface area contributed by atoms with E-state index in [9.17, 15) is 5.11 Å². The van der Waals surface area contributed by atoms with E-state index in [2.05, 4.69) is 28.9 Å². The molecule has 4 heteroatoms. The highest BCUT2D eigenvalue weighted by molar-refractivity contribution is 5.78. The smallest absolute Gasteiger partial charge is 0.0802 e. The monoisotopic (exact) mass is 287 g/mol. The second kappa shape index (κ2) is 6.16. The van der Waals surface area contributed by atoms with Gasteiger partial charge in [0.25, 0.3) is 0 Å². The third-order valence-electron chi connectivity index (χ3n) is 4.51. The lowest BCUT2D eigenvalue weighted by atomic mass is 9.91. The summed E-state index contributed by atoms with van der Waals surface area (Å²) in [5.41, 5.74) is 2.01. The molecule has 2 aromatic rings. The van der Waals surface area contributed by atoms with Crippen LogP contribution in [0.25, 0.3) is 10.9 Å². The summed E-state index contributed by atoms with van der Waals surface area (Å²) in [7, 11) is 0. The molecule has 1 aromatic carbocycles. The summed E-state index contributed by atoms with van der Waals surface area (Å²) < 4.78 is 0. The average Bonchev–Trinajstić information content (AvgIpc) is 2.91. The van der Waals surface area contributed by atoms with Gasteiger partial charge in [0, 0.05) is 25.0 Å². The van der Waals surface area contributed by atoms with E-state index in [-0.39, 0.29) is 0 Å². The van der Waals surface area contributed by atoms with Crippen molar-refractivity contribution in [2.75, 3.05) is 19.6 Å². The third-order valence-corrected chi connectivity index (χ3v) is 4.51. The molecule has 2 heterocycles. The number of hydrogen-bond acceptors (Lipinski definition) is 3. The number of aliphatic hydroxyl groups excluding tert-OH is 1. The molecular weight excluding hydrogens is 262 g/mol. The predicted octanol–water partition coefficient (Wildman–Crippen LogP) is 2.96. The fraction of sp³-hybridized carbons (Fsp3) is 0.588. The lowest BCUT2D eigenvalue weighted by Crippen LogP contribution is -2.39. The highest BCUT2D eigenvalue weighted by Crippen LogP contribution is 2.24. The lowest BCUT2D eigenvalue weighted by Gasteiger charge is -2.35. The van der Waals surface area contributed by atoms with Crippen molar-refractivity contribution in [2.45, 2.75) is 32.8 Å². The second-order valence-electron chi connectivity index (χ2n) is 6.73. The summed E-state index contributed by atoms with van der Waals surface area (Å²) in [6.45, 7) is 7.95. The molecule has 0 spiro atoms. The molecule has 0 radical (unpaired) electrons.